The van der Waals surface area contributed by atoms with Crippen LogP contribution in [0, 0.1) is 0 Å². The topological polar surface area (TPSA) is 60.2 Å². The van der Waals surface area contributed by atoms with Crippen molar-refractivity contribution in [2.75, 3.05) is 19.7 Å². The summed E-state index contributed by atoms with van der Waals surface area (Å²) in [5.41, 5.74) is 0.574. The predicted molar refractivity (Wildman–Crippen MR) is 78.6 cm³/mol. The lowest BCUT2D eigenvalue weighted by atomic mass is 10.2. The molecule has 1 saturated heterocycles. The predicted octanol–water partition coefficient (Wildman–Crippen LogP) is 3.13. The quantitative estimate of drug-likeness (QED) is 0.913. The van der Waals surface area contributed by atoms with Crippen LogP contribution >= 0.6 is 35.6 Å². The molecule has 0 amide bonds. The highest BCUT2D eigenvalue weighted by Crippen LogP contribution is 2.33. The van der Waals surface area contributed by atoms with Crippen molar-refractivity contribution in [3.05, 3.63) is 34.1 Å². The van der Waals surface area contributed by atoms with Crippen molar-refractivity contribution in [2.45, 2.75) is 6.10 Å². The molecule has 2 heterocycles. The normalized spacial score (nSPS) is 18.6. The molecule has 1 N–H and O–H groups in total. The number of aromatic nitrogens is 2. The van der Waals surface area contributed by atoms with Gasteiger partial charge in [0.25, 0.3) is 5.89 Å². The van der Waals surface area contributed by atoms with Crippen molar-refractivity contribution in [1.29, 1.82) is 0 Å². The van der Waals surface area contributed by atoms with Crippen LogP contribution in [0.1, 0.15) is 12.0 Å². The summed E-state index contributed by atoms with van der Waals surface area (Å²) in [5.74, 6) is 0.804. The largest absolute Gasteiger partial charge is 0.366 e. The van der Waals surface area contributed by atoms with Crippen molar-refractivity contribution >= 4 is 35.6 Å². The molecular weight excluding hydrogens is 325 g/mol. The Balaban J connectivity index is 0.00000147. The molecule has 0 radical (unpaired) electrons. The number of hydrogen-bond donors (Lipinski definition) is 1. The number of ether oxygens (including phenoxy) is 1. The van der Waals surface area contributed by atoms with E-state index < -0.39 is 0 Å². The van der Waals surface area contributed by atoms with Crippen molar-refractivity contribution < 1.29 is 9.26 Å². The summed E-state index contributed by atoms with van der Waals surface area (Å²) in [6.07, 6.45) is -0.226. The molecule has 0 saturated carbocycles. The average Bonchev–Trinajstić information content (AvgIpc) is 2.89. The van der Waals surface area contributed by atoms with Gasteiger partial charge in [-0.05, 0) is 12.1 Å². The summed E-state index contributed by atoms with van der Waals surface area (Å²) in [5, 5.41) is 8.10. The average molecular weight is 337 g/mol. The monoisotopic (exact) mass is 335 g/mol. The van der Waals surface area contributed by atoms with Gasteiger partial charge in [0.15, 0.2) is 0 Å². The van der Waals surface area contributed by atoms with E-state index in [0.29, 0.717) is 40.5 Å². The van der Waals surface area contributed by atoms with Crippen molar-refractivity contribution in [3.63, 3.8) is 0 Å². The lowest BCUT2D eigenvalue weighted by Crippen LogP contribution is -2.33. The van der Waals surface area contributed by atoms with Gasteiger partial charge in [-0.3, -0.25) is 0 Å². The van der Waals surface area contributed by atoms with Crippen LogP contribution in [0.2, 0.25) is 10.0 Å². The highest BCUT2D eigenvalue weighted by atomic mass is 35.5. The summed E-state index contributed by atoms with van der Waals surface area (Å²) < 4.78 is 10.8. The smallest absolute Gasteiger partial charge is 0.257 e. The second kappa shape index (κ2) is 6.74. The van der Waals surface area contributed by atoms with E-state index in [9.17, 15) is 0 Å². The number of halogens is 3. The molecule has 1 fully saturated rings. The van der Waals surface area contributed by atoms with Crippen LogP contribution in [-0.2, 0) is 4.74 Å². The minimum Gasteiger partial charge on any atom is -0.366 e. The highest BCUT2D eigenvalue weighted by molar-refractivity contribution is 6.38. The zero-order chi connectivity index (χ0) is 13.2. The number of morpholine rings is 1. The van der Waals surface area contributed by atoms with Crippen LogP contribution in [0.15, 0.2) is 22.7 Å². The van der Waals surface area contributed by atoms with Crippen molar-refractivity contribution in [2.24, 2.45) is 0 Å². The van der Waals surface area contributed by atoms with E-state index in [1.165, 1.54) is 0 Å². The third-order valence-electron chi connectivity index (χ3n) is 2.83. The Morgan fingerprint density at radius 1 is 1.25 bits per heavy atom. The van der Waals surface area contributed by atoms with Crippen LogP contribution in [0.5, 0.6) is 0 Å². The van der Waals surface area contributed by atoms with Gasteiger partial charge in [-0.15, -0.1) is 12.4 Å². The first-order chi connectivity index (χ1) is 9.25. The van der Waals surface area contributed by atoms with Crippen LogP contribution < -0.4 is 5.32 Å². The van der Waals surface area contributed by atoms with Crippen LogP contribution in [0.4, 0.5) is 0 Å². The molecule has 0 unspecified atom stereocenters. The van der Waals surface area contributed by atoms with E-state index in [2.05, 4.69) is 15.5 Å². The second-order valence-corrected chi connectivity index (χ2v) is 4.93. The third-order valence-corrected chi connectivity index (χ3v) is 3.46. The van der Waals surface area contributed by atoms with Gasteiger partial charge in [-0.25, -0.2) is 0 Å². The zero-order valence-electron chi connectivity index (χ0n) is 10.3. The van der Waals surface area contributed by atoms with Gasteiger partial charge in [0, 0.05) is 13.1 Å². The summed E-state index contributed by atoms with van der Waals surface area (Å²) in [6.45, 7) is 2.10. The maximum Gasteiger partial charge on any atom is 0.257 e. The minimum absolute atomic E-state index is 0. The molecule has 3 rings (SSSR count). The molecule has 8 heteroatoms. The van der Waals surface area contributed by atoms with Gasteiger partial charge in [0.1, 0.15) is 6.10 Å². The lowest BCUT2D eigenvalue weighted by Gasteiger charge is -2.19. The van der Waals surface area contributed by atoms with Gasteiger partial charge in [0.2, 0.25) is 5.82 Å². The SMILES string of the molecule is Cl.Clc1cccc(Cl)c1-c1noc([C@H]2CNCCO2)n1. The third kappa shape index (κ3) is 3.07. The number of benzene rings is 1. The Bertz CT molecular complexity index is 565. The molecule has 0 bridgehead atoms. The Kier molecular flexibility index (Phi) is 5.23. The van der Waals surface area contributed by atoms with Gasteiger partial charge in [-0.1, -0.05) is 34.4 Å². The fraction of sp³-hybridized carbons (Fsp3) is 0.333. The van der Waals surface area contributed by atoms with Crippen LogP contribution in [-0.4, -0.2) is 29.8 Å². The van der Waals surface area contributed by atoms with Crippen LogP contribution in [0.25, 0.3) is 11.4 Å². The van der Waals surface area contributed by atoms with Gasteiger partial charge in [-0.2, -0.15) is 4.98 Å². The highest BCUT2D eigenvalue weighted by Gasteiger charge is 2.23. The van der Waals surface area contributed by atoms with E-state index in [0.717, 1.165) is 6.54 Å². The van der Waals surface area contributed by atoms with E-state index in [1.807, 2.05) is 0 Å². The first-order valence-corrected chi connectivity index (χ1v) is 6.61. The summed E-state index contributed by atoms with van der Waals surface area (Å²) >= 11 is 12.2. The number of nitrogens with zero attached hydrogens (tertiary/aromatic N) is 2. The molecule has 1 aliphatic rings. The maximum absolute atomic E-state index is 6.11. The molecule has 1 aromatic carbocycles. The van der Waals surface area contributed by atoms with E-state index >= 15 is 0 Å². The molecule has 20 heavy (non-hydrogen) atoms. The molecule has 0 aliphatic carbocycles. The number of nitrogens with one attached hydrogen (secondary N) is 1. The Morgan fingerprint density at radius 2 is 2.00 bits per heavy atom. The molecule has 1 aliphatic heterocycles. The number of hydrogen-bond acceptors (Lipinski definition) is 5. The van der Waals surface area contributed by atoms with Crippen molar-refractivity contribution in [1.82, 2.24) is 15.5 Å². The molecule has 1 aromatic heterocycles. The fourth-order valence-corrected chi connectivity index (χ4v) is 2.47. The molecule has 0 spiro atoms. The van der Waals surface area contributed by atoms with E-state index in [-0.39, 0.29) is 18.5 Å². The van der Waals surface area contributed by atoms with Gasteiger partial charge < -0.3 is 14.6 Å². The maximum atomic E-state index is 6.11. The Labute approximate surface area is 132 Å². The molecule has 108 valence electrons. The Morgan fingerprint density at radius 3 is 2.65 bits per heavy atom. The fourth-order valence-electron chi connectivity index (χ4n) is 1.90. The Hall–Kier alpha value is -0.850. The van der Waals surface area contributed by atoms with Gasteiger partial charge >= 0.3 is 0 Å². The molecule has 2 aromatic rings. The molecular formula is C12H12Cl3N3O2. The minimum atomic E-state index is -0.226. The van der Waals surface area contributed by atoms with E-state index in [1.54, 1.807) is 18.2 Å². The summed E-state index contributed by atoms with van der Waals surface area (Å²) in [7, 11) is 0. The molecule has 5 nitrogen and oxygen atoms in total. The van der Waals surface area contributed by atoms with Crippen molar-refractivity contribution in [3.8, 4) is 11.4 Å². The lowest BCUT2D eigenvalue weighted by molar-refractivity contribution is 0.00755. The first kappa shape index (κ1) is 15.5. The number of rotatable bonds is 2. The first-order valence-electron chi connectivity index (χ1n) is 5.86. The standard InChI is InChI=1S/C12H11Cl2N3O2.ClH/c13-7-2-1-3-8(14)10(7)11-16-12(19-17-11)9-6-15-4-5-18-9;/h1-3,9,15H,4-6H2;1H/t9-;/m1./s1. The van der Waals surface area contributed by atoms with E-state index in [4.69, 9.17) is 32.5 Å². The second-order valence-electron chi connectivity index (χ2n) is 4.12. The molecule has 1 atom stereocenters. The summed E-state index contributed by atoms with van der Waals surface area (Å²) in [6, 6.07) is 5.23. The van der Waals surface area contributed by atoms with Crippen LogP contribution in [0.3, 0.4) is 0 Å². The summed E-state index contributed by atoms with van der Waals surface area (Å²) in [4.78, 5) is 4.31. The zero-order valence-corrected chi connectivity index (χ0v) is 12.6. The van der Waals surface area contributed by atoms with Gasteiger partial charge in [0.05, 0.1) is 22.2 Å².